The number of carbonyl (C=O) groups excluding carboxylic acids is 1. The third kappa shape index (κ3) is 2.28. The van der Waals surface area contributed by atoms with E-state index in [-0.39, 0.29) is 5.56 Å². The number of hydrogen-bond donors (Lipinski definition) is 1. The quantitative estimate of drug-likeness (QED) is 0.806. The molecule has 0 bridgehead atoms. The number of pyridine rings is 1. The Kier molecular flexibility index (Phi) is 2.84. The summed E-state index contributed by atoms with van der Waals surface area (Å²) in [5.74, 6) is -1.08. The van der Waals surface area contributed by atoms with Crippen LogP contribution in [0, 0.1) is 0 Å². The van der Waals surface area contributed by atoms with Gasteiger partial charge in [-0.15, -0.1) is 0 Å². The smallest absolute Gasteiger partial charge is 0.319 e. The van der Waals surface area contributed by atoms with Crippen LogP contribution in [0.3, 0.4) is 0 Å². The second kappa shape index (κ2) is 4.30. The van der Waals surface area contributed by atoms with Gasteiger partial charge in [-0.2, -0.15) is 8.42 Å². The van der Waals surface area contributed by atoms with Crippen molar-refractivity contribution in [2.24, 2.45) is 4.36 Å². The van der Waals surface area contributed by atoms with Crippen LogP contribution in [0.25, 0.3) is 10.9 Å². The summed E-state index contributed by atoms with van der Waals surface area (Å²) < 4.78 is 23.3. The number of nitrogens with one attached hydrogen (secondary N) is 1. The topological polar surface area (TPSA) is 96.4 Å². The van der Waals surface area contributed by atoms with E-state index in [1.807, 2.05) is 0 Å². The second-order valence-corrected chi connectivity index (χ2v) is 3.83. The first kappa shape index (κ1) is 11.2. The highest BCUT2D eigenvalue weighted by atomic mass is 32.2. The average Bonchev–Trinajstić information content (AvgIpc) is 2.27. The maximum atomic E-state index is 11.5. The molecule has 1 N–H and O–H groups in total. The van der Waals surface area contributed by atoms with Crippen molar-refractivity contribution in [1.29, 1.82) is 0 Å². The molecule has 1 heterocycles. The Morgan fingerprint density at radius 3 is 2.65 bits per heavy atom. The van der Waals surface area contributed by atoms with E-state index in [1.165, 1.54) is 6.07 Å². The van der Waals surface area contributed by atoms with Gasteiger partial charge in [-0.05, 0) is 17.5 Å². The summed E-state index contributed by atoms with van der Waals surface area (Å²) in [6, 6.07) is 8.14. The number of hydrogen-bond acceptors (Lipinski definition) is 4. The number of para-hydroxylation sites is 1. The zero-order chi connectivity index (χ0) is 12.4. The number of fused-ring (bicyclic) bond motifs is 1. The molecule has 7 heteroatoms. The van der Waals surface area contributed by atoms with Crippen LogP contribution in [0.2, 0.25) is 0 Å². The van der Waals surface area contributed by atoms with E-state index in [0.29, 0.717) is 10.9 Å². The lowest BCUT2D eigenvalue weighted by Gasteiger charge is -1.98. The van der Waals surface area contributed by atoms with Crippen LogP contribution in [-0.2, 0) is 10.5 Å². The van der Waals surface area contributed by atoms with Gasteiger partial charge in [0.15, 0.2) is 0 Å². The molecular weight excluding hydrogens is 244 g/mol. The number of carbonyl (C=O) groups is 1. The monoisotopic (exact) mass is 250 g/mol. The van der Waals surface area contributed by atoms with Crippen LogP contribution in [-0.4, -0.2) is 19.3 Å². The fraction of sp³-hybridized carbons (Fsp3) is 0. The van der Waals surface area contributed by atoms with Gasteiger partial charge in [-0.3, -0.25) is 9.59 Å². The van der Waals surface area contributed by atoms with Gasteiger partial charge in [0.2, 0.25) is 0 Å². The maximum Gasteiger partial charge on any atom is 0.319 e. The van der Waals surface area contributed by atoms with Gasteiger partial charge in [0.05, 0.1) is 0 Å². The largest absolute Gasteiger partial charge is 0.321 e. The van der Waals surface area contributed by atoms with Crippen LogP contribution in [0.1, 0.15) is 10.4 Å². The van der Waals surface area contributed by atoms with Gasteiger partial charge >= 0.3 is 10.5 Å². The second-order valence-electron chi connectivity index (χ2n) is 3.21. The van der Waals surface area contributed by atoms with Crippen molar-refractivity contribution in [2.75, 3.05) is 0 Å². The summed E-state index contributed by atoms with van der Waals surface area (Å²) in [6.45, 7) is 0. The lowest BCUT2D eigenvalue weighted by Crippen LogP contribution is -2.16. The maximum absolute atomic E-state index is 11.5. The van der Waals surface area contributed by atoms with E-state index in [2.05, 4.69) is 9.35 Å². The summed E-state index contributed by atoms with van der Waals surface area (Å²) in [4.78, 5) is 25.3. The minimum Gasteiger partial charge on any atom is -0.321 e. The summed E-state index contributed by atoms with van der Waals surface area (Å²) in [7, 11) is -2.87. The predicted molar refractivity (Wildman–Crippen MR) is 60.2 cm³/mol. The van der Waals surface area contributed by atoms with Crippen LogP contribution < -0.4 is 5.56 Å². The van der Waals surface area contributed by atoms with Crippen LogP contribution in [0.4, 0.5) is 0 Å². The minimum atomic E-state index is -2.87. The highest BCUT2D eigenvalue weighted by molar-refractivity contribution is 7.62. The number of aromatic amines is 1. The summed E-state index contributed by atoms with van der Waals surface area (Å²) in [5, 5.41) is 0.627. The van der Waals surface area contributed by atoms with Gasteiger partial charge in [0.25, 0.3) is 11.5 Å². The Morgan fingerprint density at radius 2 is 1.94 bits per heavy atom. The molecule has 0 atom stereocenters. The predicted octanol–water partition coefficient (Wildman–Crippen LogP) is 0.731. The van der Waals surface area contributed by atoms with Crippen molar-refractivity contribution >= 4 is 27.3 Å². The number of nitrogens with zero attached hydrogens (tertiary/aromatic N) is 1. The molecule has 86 valence electrons. The molecule has 0 radical (unpaired) electrons. The standard InChI is InChI=1S/C10H6N2O4S/c13-9-7(10(14)12-17(15)16)5-6-3-1-2-4-8(6)11-9/h1-5H,(H,11,13). The van der Waals surface area contributed by atoms with Crippen molar-refractivity contribution < 1.29 is 13.2 Å². The number of amides is 1. The van der Waals surface area contributed by atoms with Gasteiger partial charge in [-0.1, -0.05) is 22.6 Å². The number of aromatic nitrogens is 1. The van der Waals surface area contributed by atoms with Gasteiger partial charge in [-0.25, -0.2) is 0 Å². The Bertz CT molecular complexity index is 781. The third-order valence-electron chi connectivity index (χ3n) is 2.14. The molecule has 2 rings (SSSR count). The molecule has 17 heavy (non-hydrogen) atoms. The molecule has 0 saturated heterocycles. The van der Waals surface area contributed by atoms with E-state index >= 15 is 0 Å². The first-order valence-corrected chi connectivity index (χ1v) is 5.58. The first-order valence-electron chi connectivity index (χ1n) is 4.55. The van der Waals surface area contributed by atoms with Crippen LogP contribution >= 0.6 is 0 Å². The number of H-pyrrole nitrogens is 1. The molecule has 0 aliphatic heterocycles. The summed E-state index contributed by atoms with van der Waals surface area (Å²) in [5.41, 5.74) is -0.395. The minimum absolute atomic E-state index is 0.298. The van der Waals surface area contributed by atoms with Crippen LogP contribution in [0.5, 0.6) is 0 Å². The highest BCUT2D eigenvalue weighted by Crippen LogP contribution is 2.10. The summed E-state index contributed by atoms with van der Waals surface area (Å²) >= 11 is 0. The van der Waals surface area contributed by atoms with Crippen LogP contribution in [0.15, 0.2) is 39.5 Å². The molecule has 6 nitrogen and oxygen atoms in total. The molecule has 0 fully saturated rings. The highest BCUT2D eigenvalue weighted by Gasteiger charge is 2.11. The van der Waals surface area contributed by atoms with Gasteiger partial charge < -0.3 is 4.98 Å². The van der Waals surface area contributed by atoms with Crippen molar-refractivity contribution in [2.45, 2.75) is 0 Å². The number of benzene rings is 1. The Morgan fingerprint density at radius 1 is 1.24 bits per heavy atom. The van der Waals surface area contributed by atoms with E-state index in [1.54, 1.807) is 24.3 Å². The average molecular weight is 250 g/mol. The van der Waals surface area contributed by atoms with Crippen molar-refractivity contribution in [1.82, 2.24) is 4.98 Å². The fourth-order valence-electron chi connectivity index (χ4n) is 1.42. The fourth-order valence-corrected chi connectivity index (χ4v) is 1.66. The lowest BCUT2D eigenvalue weighted by atomic mass is 10.1. The molecular formula is C10H6N2O4S. The van der Waals surface area contributed by atoms with Gasteiger partial charge in [0.1, 0.15) is 5.56 Å². The molecule has 2 aromatic rings. The normalized spacial score (nSPS) is 10.1. The van der Waals surface area contributed by atoms with E-state index < -0.39 is 22.0 Å². The molecule has 0 spiro atoms. The van der Waals surface area contributed by atoms with Gasteiger partial charge in [0, 0.05) is 5.52 Å². The Balaban J connectivity index is 2.71. The molecule has 1 aromatic carbocycles. The summed E-state index contributed by atoms with van der Waals surface area (Å²) in [6.07, 6.45) is 0. The van der Waals surface area contributed by atoms with E-state index in [0.717, 1.165) is 0 Å². The Labute approximate surface area is 96.6 Å². The van der Waals surface area contributed by atoms with Crippen molar-refractivity contribution in [3.63, 3.8) is 0 Å². The SMILES string of the molecule is O=C(N=S(=O)=O)c1cc2ccccc2[nH]c1=O. The molecule has 0 aliphatic carbocycles. The molecule has 1 aromatic heterocycles. The molecule has 1 amide bonds. The van der Waals surface area contributed by atoms with E-state index in [4.69, 9.17) is 0 Å². The van der Waals surface area contributed by atoms with Crippen molar-refractivity contribution in [3.8, 4) is 0 Å². The van der Waals surface area contributed by atoms with Crippen molar-refractivity contribution in [3.05, 3.63) is 46.2 Å². The zero-order valence-electron chi connectivity index (χ0n) is 8.38. The Hall–Kier alpha value is -2.28. The first-order chi connectivity index (χ1) is 8.08. The zero-order valence-corrected chi connectivity index (χ0v) is 9.19. The molecule has 0 unspecified atom stereocenters. The van der Waals surface area contributed by atoms with E-state index in [9.17, 15) is 18.0 Å². The number of rotatable bonds is 1. The third-order valence-corrected chi connectivity index (χ3v) is 2.46. The molecule has 0 saturated carbocycles. The lowest BCUT2D eigenvalue weighted by molar-refractivity contribution is 0.100. The molecule has 0 aliphatic rings.